The van der Waals surface area contributed by atoms with Gasteiger partial charge in [0.1, 0.15) is 11.9 Å². The number of carbonyl (C=O) groups excluding carboxylic acids is 1. The minimum absolute atomic E-state index is 0.0854. The highest BCUT2D eigenvalue weighted by Gasteiger charge is 2.43. The monoisotopic (exact) mass is 508 g/mol. The molecule has 6 heteroatoms. The highest BCUT2D eigenvalue weighted by Crippen LogP contribution is 2.40. The number of methoxy groups -OCH3 is 1. The Morgan fingerprint density at radius 1 is 1.06 bits per heavy atom. The number of allylic oxidation sites excluding steroid dienone is 1. The molecule has 2 atom stereocenters. The molecule has 1 amide bonds. The third kappa shape index (κ3) is 5.54. The van der Waals surface area contributed by atoms with Gasteiger partial charge >= 0.3 is 0 Å². The molecule has 36 heavy (non-hydrogen) atoms. The maximum Gasteiger partial charge on any atom is 0.232 e. The first kappa shape index (κ1) is 26.5. The molecule has 1 fully saturated rings. The Kier molecular flexibility index (Phi) is 8.23. The number of halogens is 1. The Balaban J connectivity index is 1.48. The summed E-state index contributed by atoms with van der Waals surface area (Å²) in [7, 11) is 1.67. The van der Waals surface area contributed by atoms with Crippen molar-refractivity contribution in [2.45, 2.75) is 62.7 Å². The Bertz CT molecular complexity index is 1060. The van der Waals surface area contributed by atoms with E-state index in [-0.39, 0.29) is 23.7 Å². The van der Waals surface area contributed by atoms with Crippen molar-refractivity contribution in [3.8, 4) is 0 Å². The quantitative estimate of drug-likeness (QED) is 0.458. The van der Waals surface area contributed by atoms with Crippen molar-refractivity contribution >= 4 is 17.5 Å². The van der Waals surface area contributed by atoms with Crippen molar-refractivity contribution in [3.05, 3.63) is 94.7 Å². The first-order valence-electron chi connectivity index (χ1n) is 12.7. The van der Waals surface area contributed by atoms with Crippen LogP contribution < -0.4 is 5.73 Å². The molecular weight excluding hydrogens is 472 g/mol. The second-order valence-corrected chi connectivity index (χ2v) is 10.8. The summed E-state index contributed by atoms with van der Waals surface area (Å²) in [6.45, 7) is 6.25. The van der Waals surface area contributed by atoms with Gasteiger partial charge in [0.25, 0.3) is 0 Å². The molecule has 2 N–H and O–H groups in total. The lowest BCUT2D eigenvalue weighted by atomic mass is 9.69. The summed E-state index contributed by atoms with van der Waals surface area (Å²) in [6.07, 6.45) is 7.01. The molecule has 1 aliphatic carbocycles. The third-order valence-electron chi connectivity index (χ3n) is 7.77. The number of hydrogen-bond donors (Lipinski definition) is 1. The lowest BCUT2D eigenvalue weighted by Crippen LogP contribution is -2.47. The fraction of sp³-hybridized carbons (Fsp3) is 0.433. The lowest BCUT2D eigenvalue weighted by Gasteiger charge is -2.40. The van der Waals surface area contributed by atoms with E-state index in [4.69, 9.17) is 26.8 Å². The van der Waals surface area contributed by atoms with Gasteiger partial charge < -0.3 is 15.2 Å². The van der Waals surface area contributed by atoms with Gasteiger partial charge in [-0.15, -0.1) is 0 Å². The molecule has 4 rings (SSSR count). The molecule has 2 aromatic rings. The van der Waals surface area contributed by atoms with Crippen LogP contribution in [-0.2, 0) is 19.7 Å². The number of primary amides is 1. The molecule has 0 aromatic heterocycles. The van der Waals surface area contributed by atoms with Gasteiger partial charge in [-0.1, -0.05) is 72.3 Å². The van der Waals surface area contributed by atoms with Gasteiger partial charge in [0.2, 0.25) is 5.91 Å². The SMILES string of the molecule is COC1CC=C(O[C@@H]2CCN(C(C)(C)CCC(C(N)=O)(c3ccccc3)c3ccccc3)C2)C=C1Cl. The number of carbonyl (C=O) groups is 1. The maximum atomic E-state index is 13.2. The van der Waals surface area contributed by atoms with Crippen LogP contribution in [0.2, 0.25) is 0 Å². The summed E-state index contributed by atoms with van der Waals surface area (Å²) < 4.78 is 11.7. The molecule has 1 heterocycles. The smallest absolute Gasteiger partial charge is 0.232 e. The summed E-state index contributed by atoms with van der Waals surface area (Å²) in [5.74, 6) is 0.499. The van der Waals surface area contributed by atoms with E-state index in [2.05, 4.69) is 24.8 Å². The number of amides is 1. The molecule has 0 radical (unpaired) electrons. The van der Waals surface area contributed by atoms with E-state index < -0.39 is 5.41 Å². The van der Waals surface area contributed by atoms with E-state index in [1.807, 2.05) is 66.7 Å². The van der Waals surface area contributed by atoms with Crippen LogP contribution in [0.25, 0.3) is 0 Å². The van der Waals surface area contributed by atoms with E-state index in [1.54, 1.807) is 7.11 Å². The molecule has 1 unspecified atom stereocenters. The minimum atomic E-state index is -0.887. The Morgan fingerprint density at radius 3 is 2.19 bits per heavy atom. The number of nitrogens with zero attached hydrogens (tertiary/aromatic N) is 1. The first-order valence-corrected chi connectivity index (χ1v) is 13.1. The second-order valence-electron chi connectivity index (χ2n) is 10.4. The predicted octanol–water partition coefficient (Wildman–Crippen LogP) is 5.53. The molecule has 192 valence electrons. The van der Waals surface area contributed by atoms with Crippen molar-refractivity contribution in [3.63, 3.8) is 0 Å². The van der Waals surface area contributed by atoms with Crippen LogP contribution in [0, 0.1) is 0 Å². The van der Waals surface area contributed by atoms with Crippen LogP contribution in [0.4, 0.5) is 0 Å². The van der Waals surface area contributed by atoms with Crippen LogP contribution in [0.3, 0.4) is 0 Å². The average molecular weight is 509 g/mol. The molecule has 2 aliphatic rings. The number of nitrogens with two attached hydrogens (primary N) is 1. The van der Waals surface area contributed by atoms with E-state index in [0.717, 1.165) is 49.2 Å². The van der Waals surface area contributed by atoms with Gasteiger partial charge in [0.15, 0.2) is 0 Å². The van der Waals surface area contributed by atoms with Gasteiger partial charge in [-0.3, -0.25) is 9.69 Å². The Morgan fingerprint density at radius 2 is 1.67 bits per heavy atom. The zero-order valence-corrected chi connectivity index (χ0v) is 22.2. The normalized spacial score (nSPS) is 21.1. The van der Waals surface area contributed by atoms with Gasteiger partial charge in [-0.2, -0.15) is 0 Å². The van der Waals surface area contributed by atoms with E-state index in [1.165, 1.54) is 0 Å². The van der Waals surface area contributed by atoms with Crippen molar-refractivity contribution in [2.75, 3.05) is 20.2 Å². The number of rotatable bonds is 10. The van der Waals surface area contributed by atoms with Crippen LogP contribution in [-0.4, -0.2) is 48.8 Å². The minimum Gasteiger partial charge on any atom is -0.489 e. The summed E-state index contributed by atoms with van der Waals surface area (Å²) in [5.41, 5.74) is 7.01. The van der Waals surface area contributed by atoms with Crippen LogP contribution in [0.1, 0.15) is 50.7 Å². The third-order valence-corrected chi connectivity index (χ3v) is 8.13. The van der Waals surface area contributed by atoms with Crippen molar-refractivity contribution in [2.24, 2.45) is 5.73 Å². The number of hydrogen-bond acceptors (Lipinski definition) is 4. The second kappa shape index (κ2) is 11.2. The zero-order valence-electron chi connectivity index (χ0n) is 21.5. The van der Waals surface area contributed by atoms with Crippen LogP contribution in [0.15, 0.2) is 83.6 Å². The molecule has 1 saturated heterocycles. The molecule has 1 aliphatic heterocycles. The molecule has 2 aromatic carbocycles. The predicted molar refractivity (Wildman–Crippen MR) is 145 cm³/mol. The van der Waals surface area contributed by atoms with Crippen molar-refractivity contribution in [1.82, 2.24) is 4.90 Å². The standard InChI is InChI=1S/C30H37ClN2O3/c1-29(2,33-19-16-25(21-33)36-24-14-15-27(35-3)26(31)20-24)17-18-30(28(32)34,22-10-6-4-7-11-22)23-12-8-5-9-13-23/h4-14,20,25,27H,15-19,21H2,1-3H3,(H2,32,34)/t25-,27?/m1/s1. The first-order chi connectivity index (χ1) is 17.3. The van der Waals surface area contributed by atoms with E-state index >= 15 is 0 Å². The Hall–Kier alpha value is -2.60. The van der Waals surface area contributed by atoms with Gasteiger partial charge in [0, 0.05) is 32.2 Å². The van der Waals surface area contributed by atoms with Gasteiger partial charge in [0.05, 0.1) is 16.6 Å². The maximum absolute atomic E-state index is 13.2. The molecule has 0 bridgehead atoms. The molecular formula is C30H37ClN2O3. The molecule has 0 saturated carbocycles. The average Bonchev–Trinajstić information content (AvgIpc) is 3.35. The summed E-state index contributed by atoms with van der Waals surface area (Å²) in [4.78, 5) is 15.6. The van der Waals surface area contributed by atoms with Gasteiger partial charge in [-0.25, -0.2) is 0 Å². The zero-order chi connectivity index (χ0) is 25.8. The van der Waals surface area contributed by atoms with E-state index in [0.29, 0.717) is 11.5 Å². The lowest BCUT2D eigenvalue weighted by molar-refractivity contribution is -0.122. The Labute approximate surface area is 219 Å². The van der Waals surface area contributed by atoms with Crippen LogP contribution in [0.5, 0.6) is 0 Å². The number of benzene rings is 2. The summed E-state index contributed by atoms with van der Waals surface area (Å²) in [6, 6.07) is 19.9. The fourth-order valence-corrected chi connectivity index (χ4v) is 5.73. The highest BCUT2D eigenvalue weighted by molar-refractivity contribution is 6.30. The van der Waals surface area contributed by atoms with Crippen LogP contribution >= 0.6 is 11.6 Å². The number of likely N-dealkylation sites (tertiary alicyclic amines) is 1. The summed E-state index contributed by atoms with van der Waals surface area (Å²) >= 11 is 6.34. The van der Waals surface area contributed by atoms with Gasteiger partial charge in [-0.05, 0) is 56.4 Å². The summed E-state index contributed by atoms with van der Waals surface area (Å²) in [5, 5.41) is 0.676. The van der Waals surface area contributed by atoms with Crippen molar-refractivity contribution in [1.29, 1.82) is 0 Å². The fourth-order valence-electron chi connectivity index (χ4n) is 5.44. The molecule has 5 nitrogen and oxygen atoms in total. The molecule has 0 spiro atoms. The largest absolute Gasteiger partial charge is 0.489 e. The van der Waals surface area contributed by atoms with Crippen molar-refractivity contribution < 1.29 is 14.3 Å². The highest BCUT2D eigenvalue weighted by atomic mass is 35.5. The topological polar surface area (TPSA) is 64.8 Å². The van der Waals surface area contributed by atoms with E-state index in [9.17, 15) is 4.79 Å². The number of ether oxygens (including phenoxy) is 2.